The summed E-state index contributed by atoms with van der Waals surface area (Å²) in [5.41, 5.74) is 1.45. The Hall–Kier alpha value is -2.61. The van der Waals surface area contributed by atoms with Gasteiger partial charge in [0.05, 0.1) is 26.3 Å². The number of carbonyl (C=O) groups is 2. The monoisotopic (exact) mass is 392 g/mol. The van der Waals surface area contributed by atoms with E-state index in [0.29, 0.717) is 23.6 Å². The van der Waals surface area contributed by atoms with E-state index in [4.69, 9.17) is 9.47 Å². The molecule has 1 heterocycles. The minimum Gasteiger partial charge on any atom is -0.493 e. The number of carbonyl (C=O) groups excluding carboxylic acids is 1. The molecule has 8 heteroatoms. The van der Waals surface area contributed by atoms with Gasteiger partial charge in [-0.05, 0) is 30.5 Å². The second kappa shape index (κ2) is 9.36. The SMILES string of the molecule is COc1ccc(-c2nc(CC(=O)N[C@H](CC(C)C)C(=O)O)cs2)cc1OC. The van der Waals surface area contributed by atoms with Crippen LogP contribution in [-0.4, -0.2) is 42.2 Å². The van der Waals surface area contributed by atoms with Crippen LogP contribution in [0, 0.1) is 5.92 Å². The summed E-state index contributed by atoms with van der Waals surface area (Å²) in [5.74, 6) is 0.0145. The summed E-state index contributed by atoms with van der Waals surface area (Å²) in [6.45, 7) is 3.83. The van der Waals surface area contributed by atoms with Crippen LogP contribution in [0.25, 0.3) is 10.6 Å². The summed E-state index contributed by atoms with van der Waals surface area (Å²) in [6.07, 6.45) is 0.417. The van der Waals surface area contributed by atoms with Gasteiger partial charge in [-0.25, -0.2) is 9.78 Å². The van der Waals surface area contributed by atoms with Crippen LogP contribution in [0.4, 0.5) is 0 Å². The third-order valence-corrected chi connectivity index (χ3v) is 4.80. The van der Waals surface area contributed by atoms with Gasteiger partial charge < -0.3 is 19.9 Å². The Morgan fingerprint density at radius 2 is 1.93 bits per heavy atom. The average Bonchev–Trinajstić information content (AvgIpc) is 3.08. The first-order chi connectivity index (χ1) is 12.8. The van der Waals surface area contributed by atoms with E-state index in [9.17, 15) is 14.7 Å². The molecule has 0 spiro atoms. The molecule has 2 aromatic rings. The van der Waals surface area contributed by atoms with Crippen molar-refractivity contribution in [3.8, 4) is 22.1 Å². The lowest BCUT2D eigenvalue weighted by molar-refractivity contribution is -0.142. The van der Waals surface area contributed by atoms with Crippen molar-refractivity contribution < 1.29 is 24.2 Å². The van der Waals surface area contributed by atoms with E-state index in [1.165, 1.54) is 11.3 Å². The van der Waals surface area contributed by atoms with Crippen molar-refractivity contribution in [3.05, 3.63) is 29.3 Å². The molecule has 1 atom stereocenters. The van der Waals surface area contributed by atoms with Gasteiger partial charge in [0, 0.05) is 10.9 Å². The van der Waals surface area contributed by atoms with Gasteiger partial charge in [0.2, 0.25) is 5.91 Å². The number of benzene rings is 1. The minimum atomic E-state index is -1.03. The number of amides is 1. The zero-order chi connectivity index (χ0) is 20.0. The molecule has 0 aliphatic carbocycles. The van der Waals surface area contributed by atoms with Crippen molar-refractivity contribution in [1.29, 1.82) is 0 Å². The molecule has 27 heavy (non-hydrogen) atoms. The highest BCUT2D eigenvalue weighted by Crippen LogP contribution is 2.33. The first-order valence-electron chi connectivity index (χ1n) is 8.53. The van der Waals surface area contributed by atoms with Gasteiger partial charge in [-0.2, -0.15) is 0 Å². The zero-order valence-corrected chi connectivity index (χ0v) is 16.6. The predicted octanol–water partition coefficient (Wildman–Crippen LogP) is 2.99. The van der Waals surface area contributed by atoms with Crippen LogP contribution in [0.5, 0.6) is 11.5 Å². The molecule has 1 aromatic carbocycles. The second-order valence-electron chi connectivity index (χ2n) is 6.48. The smallest absolute Gasteiger partial charge is 0.326 e. The van der Waals surface area contributed by atoms with Crippen molar-refractivity contribution in [2.24, 2.45) is 5.92 Å². The van der Waals surface area contributed by atoms with Gasteiger partial charge >= 0.3 is 5.97 Å². The van der Waals surface area contributed by atoms with Crippen molar-refractivity contribution in [2.75, 3.05) is 14.2 Å². The quantitative estimate of drug-likeness (QED) is 0.681. The fourth-order valence-electron chi connectivity index (χ4n) is 2.59. The van der Waals surface area contributed by atoms with Crippen molar-refractivity contribution in [3.63, 3.8) is 0 Å². The number of aliphatic carboxylic acids is 1. The largest absolute Gasteiger partial charge is 0.493 e. The lowest BCUT2D eigenvalue weighted by Crippen LogP contribution is -2.42. The average molecular weight is 392 g/mol. The predicted molar refractivity (Wildman–Crippen MR) is 103 cm³/mol. The highest BCUT2D eigenvalue weighted by molar-refractivity contribution is 7.13. The summed E-state index contributed by atoms with van der Waals surface area (Å²) in [4.78, 5) is 27.9. The molecule has 7 nitrogen and oxygen atoms in total. The molecule has 2 N–H and O–H groups in total. The molecule has 0 aliphatic rings. The van der Waals surface area contributed by atoms with Crippen molar-refractivity contribution >= 4 is 23.2 Å². The van der Waals surface area contributed by atoms with Gasteiger partial charge in [-0.1, -0.05) is 13.8 Å². The molecule has 0 fully saturated rings. The molecular weight excluding hydrogens is 368 g/mol. The summed E-state index contributed by atoms with van der Waals surface area (Å²) >= 11 is 1.41. The standard InChI is InChI=1S/C19H24N2O5S/c1-11(2)7-14(19(23)24)21-17(22)9-13-10-27-18(20-13)12-5-6-15(25-3)16(8-12)26-4/h5-6,8,10-11,14H,7,9H2,1-4H3,(H,21,22)(H,23,24)/t14-/m1/s1. The maximum Gasteiger partial charge on any atom is 0.326 e. The number of aromatic nitrogens is 1. The van der Waals surface area contributed by atoms with Gasteiger partial charge in [-0.15, -0.1) is 11.3 Å². The molecule has 0 radical (unpaired) electrons. The molecule has 146 valence electrons. The third-order valence-electron chi connectivity index (χ3n) is 3.86. The molecule has 1 aromatic heterocycles. The molecule has 1 amide bonds. The number of methoxy groups -OCH3 is 2. The molecule has 0 saturated carbocycles. The van der Waals surface area contributed by atoms with E-state index >= 15 is 0 Å². The number of hydrogen-bond donors (Lipinski definition) is 2. The summed E-state index contributed by atoms with van der Waals surface area (Å²) in [5, 5.41) is 14.3. The number of carboxylic acid groups (broad SMARTS) is 1. The molecule has 0 saturated heterocycles. The Kier molecular flexibility index (Phi) is 7.18. The highest BCUT2D eigenvalue weighted by Gasteiger charge is 2.21. The van der Waals surface area contributed by atoms with Crippen molar-refractivity contribution in [1.82, 2.24) is 10.3 Å². The number of rotatable bonds is 9. The Morgan fingerprint density at radius 3 is 2.52 bits per heavy atom. The number of nitrogens with zero attached hydrogens (tertiary/aromatic N) is 1. The Bertz CT molecular complexity index is 803. The summed E-state index contributed by atoms with van der Waals surface area (Å²) < 4.78 is 10.5. The summed E-state index contributed by atoms with van der Waals surface area (Å²) in [6, 6.07) is 4.60. The summed E-state index contributed by atoms with van der Waals surface area (Å²) in [7, 11) is 3.14. The van der Waals surface area contributed by atoms with Crippen LogP contribution in [0.3, 0.4) is 0 Å². The van der Waals surface area contributed by atoms with Gasteiger partial charge in [0.25, 0.3) is 0 Å². The van der Waals surface area contributed by atoms with E-state index in [1.54, 1.807) is 25.7 Å². The fraction of sp³-hybridized carbons (Fsp3) is 0.421. The van der Waals surface area contributed by atoms with E-state index in [-0.39, 0.29) is 18.2 Å². The van der Waals surface area contributed by atoms with Crippen LogP contribution in [0.2, 0.25) is 0 Å². The second-order valence-corrected chi connectivity index (χ2v) is 7.34. The van der Waals surface area contributed by atoms with Crippen LogP contribution in [-0.2, 0) is 16.0 Å². The fourth-order valence-corrected chi connectivity index (χ4v) is 3.41. The Labute approximate surface area is 162 Å². The highest BCUT2D eigenvalue weighted by atomic mass is 32.1. The lowest BCUT2D eigenvalue weighted by atomic mass is 10.0. The van der Waals surface area contributed by atoms with E-state index in [0.717, 1.165) is 10.6 Å². The first-order valence-corrected chi connectivity index (χ1v) is 9.41. The number of carboxylic acids is 1. The van der Waals surface area contributed by atoms with E-state index < -0.39 is 12.0 Å². The number of ether oxygens (including phenoxy) is 2. The Balaban J connectivity index is 2.07. The van der Waals surface area contributed by atoms with Crippen LogP contribution in [0.15, 0.2) is 23.6 Å². The van der Waals surface area contributed by atoms with Gasteiger partial charge in [0.1, 0.15) is 11.0 Å². The minimum absolute atomic E-state index is 0.0334. The van der Waals surface area contributed by atoms with Crippen LogP contribution in [0.1, 0.15) is 26.0 Å². The molecule has 2 rings (SSSR count). The maximum atomic E-state index is 12.2. The Morgan fingerprint density at radius 1 is 1.22 bits per heavy atom. The van der Waals surface area contributed by atoms with Crippen LogP contribution >= 0.6 is 11.3 Å². The number of hydrogen-bond acceptors (Lipinski definition) is 6. The number of nitrogens with one attached hydrogen (secondary N) is 1. The zero-order valence-electron chi connectivity index (χ0n) is 15.8. The topological polar surface area (TPSA) is 97.8 Å². The normalized spacial score (nSPS) is 11.9. The molecule has 0 aliphatic heterocycles. The maximum absolute atomic E-state index is 12.2. The van der Waals surface area contributed by atoms with Crippen LogP contribution < -0.4 is 14.8 Å². The first kappa shape index (κ1) is 20.7. The molecule has 0 bridgehead atoms. The van der Waals surface area contributed by atoms with Crippen molar-refractivity contribution in [2.45, 2.75) is 32.7 Å². The van der Waals surface area contributed by atoms with Gasteiger partial charge in [-0.3, -0.25) is 4.79 Å². The molecule has 0 unspecified atom stereocenters. The van der Waals surface area contributed by atoms with E-state index in [2.05, 4.69) is 10.3 Å². The number of thiazole rings is 1. The van der Waals surface area contributed by atoms with E-state index in [1.807, 2.05) is 26.0 Å². The lowest BCUT2D eigenvalue weighted by Gasteiger charge is -2.16. The molecular formula is C19H24N2O5S. The third kappa shape index (κ3) is 5.68. The van der Waals surface area contributed by atoms with Gasteiger partial charge in [0.15, 0.2) is 11.5 Å².